The number of carbonyl (C=O) groups excluding carboxylic acids is 1. The van der Waals surface area contributed by atoms with Crippen molar-refractivity contribution in [1.29, 1.82) is 0 Å². The molecule has 0 fully saturated rings. The van der Waals surface area contributed by atoms with Crippen molar-refractivity contribution in [2.75, 3.05) is 20.6 Å². The smallest absolute Gasteiger partial charge is 0.315 e. The molecule has 3 N–H and O–H groups in total. The second kappa shape index (κ2) is 7.64. The normalized spacial score (nSPS) is 13.9. The molecule has 0 aromatic heterocycles. The molecule has 0 heterocycles. The van der Waals surface area contributed by atoms with Gasteiger partial charge in [-0.2, -0.15) is 0 Å². The van der Waals surface area contributed by atoms with Gasteiger partial charge in [0.2, 0.25) is 0 Å². The number of hydrogen-bond donors (Lipinski definition) is 3. The first-order chi connectivity index (χ1) is 9.33. The quantitative estimate of drug-likeness (QED) is 0.671. The van der Waals surface area contributed by atoms with E-state index >= 15 is 0 Å². The Labute approximate surface area is 128 Å². The summed E-state index contributed by atoms with van der Waals surface area (Å²) in [6, 6.07) is -0.689. The zero-order chi connectivity index (χ0) is 16.8. The topological polar surface area (TPSA) is 81.7 Å². The molecule has 0 spiro atoms. The van der Waals surface area contributed by atoms with Gasteiger partial charge in [-0.15, -0.1) is 0 Å². The highest BCUT2D eigenvalue weighted by Gasteiger charge is 2.24. The van der Waals surface area contributed by atoms with Crippen molar-refractivity contribution in [2.45, 2.75) is 59.0 Å². The van der Waals surface area contributed by atoms with Gasteiger partial charge in [-0.05, 0) is 39.8 Å². The molecular formula is C15H31N3O3. The summed E-state index contributed by atoms with van der Waals surface area (Å²) in [5.74, 6) is -0.904. The fraction of sp³-hybridized carbons (Fsp3) is 0.867. The van der Waals surface area contributed by atoms with Crippen molar-refractivity contribution in [2.24, 2.45) is 5.41 Å². The Kier molecular flexibility index (Phi) is 7.16. The van der Waals surface area contributed by atoms with E-state index in [0.717, 1.165) is 0 Å². The average Bonchev–Trinajstić information content (AvgIpc) is 2.22. The van der Waals surface area contributed by atoms with E-state index in [0.29, 0.717) is 13.0 Å². The highest BCUT2D eigenvalue weighted by Crippen LogP contribution is 2.22. The third-order valence-electron chi connectivity index (χ3n) is 3.51. The molecule has 124 valence electrons. The van der Waals surface area contributed by atoms with Crippen LogP contribution in [0.3, 0.4) is 0 Å². The Morgan fingerprint density at radius 1 is 1.14 bits per heavy atom. The van der Waals surface area contributed by atoms with Crippen molar-refractivity contribution >= 4 is 12.0 Å². The minimum atomic E-state index is -0.904. The number of likely N-dealkylation sites (N-methyl/N-ethyl adjacent to an activating group) is 1. The van der Waals surface area contributed by atoms with E-state index < -0.39 is 5.97 Å². The van der Waals surface area contributed by atoms with Gasteiger partial charge in [0.1, 0.15) is 0 Å². The lowest BCUT2D eigenvalue weighted by molar-refractivity contribution is -0.137. The first-order valence-electron chi connectivity index (χ1n) is 7.27. The van der Waals surface area contributed by atoms with E-state index in [1.165, 1.54) is 0 Å². The van der Waals surface area contributed by atoms with Gasteiger partial charge in [0.05, 0.1) is 6.42 Å². The Morgan fingerprint density at radius 2 is 1.67 bits per heavy atom. The van der Waals surface area contributed by atoms with Crippen LogP contribution in [0.25, 0.3) is 0 Å². The van der Waals surface area contributed by atoms with Crippen molar-refractivity contribution in [3.05, 3.63) is 0 Å². The monoisotopic (exact) mass is 301 g/mol. The number of nitrogens with one attached hydrogen (secondary N) is 2. The first-order valence-corrected chi connectivity index (χ1v) is 7.27. The fourth-order valence-corrected chi connectivity index (χ4v) is 1.82. The van der Waals surface area contributed by atoms with Crippen LogP contribution < -0.4 is 10.6 Å². The van der Waals surface area contributed by atoms with Gasteiger partial charge in [-0.1, -0.05) is 20.8 Å². The second-order valence-corrected chi connectivity index (χ2v) is 7.59. The van der Waals surface area contributed by atoms with Crippen LogP contribution in [0.15, 0.2) is 0 Å². The SMILES string of the molecule is CN(C)C(C)(C)CNC(=O)NC(CC(=O)O)CC(C)(C)C. The van der Waals surface area contributed by atoms with Crippen LogP contribution >= 0.6 is 0 Å². The summed E-state index contributed by atoms with van der Waals surface area (Å²) in [6.45, 7) is 10.6. The van der Waals surface area contributed by atoms with E-state index in [1.54, 1.807) is 0 Å². The number of hydrogen-bond acceptors (Lipinski definition) is 3. The maximum absolute atomic E-state index is 12.0. The number of carboxylic acid groups (broad SMARTS) is 1. The lowest BCUT2D eigenvalue weighted by Gasteiger charge is -2.33. The molecule has 0 aliphatic rings. The third-order valence-corrected chi connectivity index (χ3v) is 3.51. The Bertz CT molecular complexity index is 360. The summed E-state index contributed by atoms with van der Waals surface area (Å²) >= 11 is 0. The molecule has 0 aromatic carbocycles. The molecule has 21 heavy (non-hydrogen) atoms. The van der Waals surface area contributed by atoms with Gasteiger partial charge in [-0.3, -0.25) is 4.79 Å². The summed E-state index contributed by atoms with van der Waals surface area (Å²) in [6.07, 6.45) is 0.547. The molecule has 0 aromatic rings. The minimum Gasteiger partial charge on any atom is -0.481 e. The molecule has 0 saturated carbocycles. The molecule has 0 radical (unpaired) electrons. The van der Waals surface area contributed by atoms with Gasteiger partial charge >= 0.3 is 12.0 Å². The maximum Gasteiger partial charge on any atom is 0.315 e. The van der Waals surface area contributed by atoms with Gasteiger partial charge < -0.3 is 20.6 Å². The van der Waals surface area contributed by atoms with E-state index in [2.05, 4.69) is 10.6 Å². The second-order valence-electron chi connectivity index (χ2n) is 7.59. The summed E-state index contributed by atoms with van der Waals surface area (Å²) < 4.78 is 0. The standard InChI is InChI=1S/C15H31N3O3/c1-14(2,3)9-11(8-12(19)20)17-13(21)16-10-15(4,5)18(6)7/h11H,8-10H2,1-7H3,(H,19,20)(H2,16,17,21). The van der Waals surface area contributed by atoms with Gasteiger partial charge in [0.15, 0.2) is 0 Å². The minimum absolute atomic E-state index is 0.0453. The number of nitrogens with zero attached hydrogens (tertiary/aromatic N) is 1. The summed E-state index contributed by atoms with van der Waals surface area (Å²) in [7, 11) is 3.90. The number of rotatable bonds is 7. The predicted octanol–water partition coefficient (Wildman–Crippen LogP) is 1.91. The van der Waals surface area contributed by atoms with Crippen LogP contribution in [0.1, 0.15) is 47.5 Å². The van der Waals surface area contributed by atoms with Crippen molar-refractivity contribution in [1.82, 2.24) is 15.5 Å². The van der Waals surface area contributed by atoms with Gasteiger partial charge in [0, 0.05) is 18.1 Å². The number of amides is 2. The summed E-state index contributed by atoms with van der Waals surface area (Å²) in [4.78, 5) is 24.9. The molecule has 0 bridgehead atoms. The molecule has 6 nitrogen and oxygen atoms in total. The molecule has 1 atom stereocenters. The van der Waals surface area contributed by atoms with E-state index in [4.69, 9.17) is 5.11 Å². The molecule has 2 amide bonds. The molecule has 6 heteroatoms. The first kappa shape index (κ1) is 19.7. The van der Waals surface area contributed by atoms with Crippen LogP contribution in [-0.4, -0.2) is 54.2 Å². The fourth-order valence-electron chi connectivity index (χ4n) is 1.82. The molecule has 0 rings (SSSR count). The average molecular weight is 301 g/mol. The summed E-state index contributed by atoms with van der Waals surface area (Å²) in [5.41, 5.74) is -0.208. The zero-order valence-corrected chi connectivity index (χ0v) is 14.4. The number of urea groups is 1. The van der Waals surface area contributed by atoms with Crippen LogP contribution in [0, 0.1) is 5.41 Å². The molecule has 0 aliphatic carbocycles. The zero-order valence-electron chi connectivity index (χ0n) is 14.4. The Balaban J connectivity index is 4.50. The largest absolute Gasteiger partial charge is 0.481 e. The number of carbonyl (C=O) groups is 2. The predicted molar refractivity (Wildman–Crippen MR) is 84.4 cm³/mol. The maximum atomic E-state index is 12.0. The highest BCUT2D eigenvalue weighted by atomic mass is 16.4. The van der Waals surface area contributed by atoms with Crippen LogP contribution in [0.4, 0.5) is 4.79 Å². The lowest BCUT2D eigenvalue weighted by Crippen LogP contribution is -2.52. The van der Waals surface area contributed by atoms with Gasteiger partial charge in [0.25, 0.3) is 0 Å². The number of aliphatic carboxylic acids is 1. The van der Waals surface area contributed by atoms with Crippen molar-refractivity contribution in [3.63, 3.8) is 0 Å². The molecular weight excluding hydrogens is 270 g/mol. The van der Waals surface area contributed by atoms with Crippen molar-refractivity contribution < 1.29 is 14.7 Å². The van der Waals surface area contributed by atoms with Crippen LogP contribution in [-0.2, 0) is 4.79 Å². The van der Waals surface area contributed by atoms with E-state index in [-0.39, 0.29) is 29.4 Å². The van der Waals surface area contributed by atoms with E-state index in [1.807, 2.05) is 53.6 Å². The Morgan fingerprint density at radius 3 is 2.05 bits per heavy atom. The highest BCUT2D eigenvalue weighted by molar-refractivity contribution is 5.75. The molecule has 0 saturated heterocycles. The third kappa shape index (κ3) is 9.28. The van der Waals surface area contributed by atoms with Crippen molar-refractivity contribution in [3.8, 4) is 0 Å². The van der Waals surface area contributed by atoms with E-state index in [9.17, 15) is 9.59 Å². The van der Waals surface area contributed by atoms with Crippen LogP contribution in [0.5, 0.6) is 0 Å². The number of carboxylic acids is 1. The molecule has 1 unspecified atom stereocenters. The molecule has 0 aliphatic heterocycles. The van der Waals surface area contributed by atoms with Gasteiger partial charge in [-0.25, -0.2) is 4.79 Å². The summed E-state index contributed by atoms with van der Waals surface area (Å²) in [5, 5.41) is 14.5. The Hall–Kier alpha value is -1.30. The lowest BCUT2D eigenvalue weighted by atomic mass is 9.87. The van der Waals surface area contributed by atoms with Crippen LogP contribution in [0.2, 0.25) is 0 Å².